The summed E-state index contributed by atoms with van der Waals surface area (Å²) < 4.78 is 10.9. The molecule has 108 valence electrons. The Morgan fingerprint density at radius 2 is 1.90 bits per heavy atom. The molecule has 5 nitrogen and oxygen atoms in total. The molecule has 2 amide bonds. The van der Waals surface area contributed by atoms with Crippen LogP contribution in [0.2, 0.25) is 0 Å². The molecule has 3 aliphatic rings. The highest BCUT2D eigenvalue weighted by molar-refractivity contribution is 6.23. The minimum Gasteiger partial charge on any atom is -0.497 e. The zero-order valence-electron chi connectivity index (χ0n) is 11.8. The summed E-state index contributed by atoms with van der Waals surface area (Å²) in [6.07, 6.45) is 3.52. The van der Waals surface area contributed by atoms with E-state index < -0.39 is 17.4 Å². The van der Waals surface area contributed by atoms with Crippen LogP contribution in [0.5, 0.6) is 5.75 Å². The molecule has 0 saturated carbocycles. The minimum atomic E-state index is -0.650. The van der Waals surface area contributed by atoms with E-state index in [1.54, 1.807) is 31.4 Å². The Labute approximate surface area is 122 Å². The highest BCUT2D eigenvalue weighted by Gasteiger charge is 2.65. The Balaban J connectivity index is 1.72. The minimum absolute atomic E-state index is 0.173. The van der Waals surface area contributed by atoms with E-state index in [0.29, 0.717) is 11.4 Å². The van der Waals surface area contributed by atoms with Gasteiger partial charge in [0.2, 0.25) is 11.8 Å². The number of hydrogen-bond donors (Lipinski definition) is 0. The molecule has 1 aromatic rings. The average molecular weight is 285 g/mol. The zero-order chi connectivity index (χ0) is 14.8. The van der Waals surface area contributed by atoms with Crippen LogP contribution in [0.15, 0.2) is 36.4 Å². The number of rotatable bonds is 2. The van der Waals surface area contributed by atoms with Gasteiger partial charge in [0.05, 0.1) is 36.3 Å². The van der Waals surface area contributed by atoms with Crippen LogP contribution in [0, 0.1) is 11.8 Å². The number of anilines is 1. The first-order valence-electron chi connectivity index (χ1n) is 6.94. The molecule has 0 N–H and O–H groups in total. The summed E-state index contributed by atoms with van der Waals surface area (Å²) in [6, 6.07) is 6.95. The SMILES string of the molecule is COc1ccc(N2C(=O)[C@@H]3[C@@H]4C=C[C@](C)(O4)[C@H]3C2=O)cc1. The Morgan fingerprint density at radius 1 is 1.19 bits per heavy atom. The van der Waals surface area contributed by atoms with Gasteiger partial charge in [-0.1, -0.05) is 12.2 Å². The van der Waals surface area contributed by atoms with Crippen LogP contribution in [-0.4, -0.2) is 30.6 Å². The largest absolute Gasteiger partial charge is 0.497 e. The molecule has 2 saturated heterocycles. The van der Waals surface area contributed by atoms with Gasteiger partial charge in [0.25, 0.3) is 0 Å². The summed E-state index contributed by atoms with van der Waals surface area (Å²) in [4.78, 5) is 26.6. The molecule has 0 aromatic heterocycles. The third-order valence-corrected chi connectivity index (χ3v) is 4.66. The first kappa shape index (κ1) is 12.6. The van der Waals surface area contributed by atoms with Crippen molar-refractivity contribution < 1.29 is 19.1 Å². The number of methoxy groups -OCH3 is 1. The number of amides is 2. The Morgan fingerprint density at radius 3 is 2.52 bits per heavy atom. The number of hydrogen-bond acceptors (Lipinski definition) is 4. The molecule has 0 spiro atoms. The third kappa shape index (κ3) is 1.49. The number of imide groups is 1. The number of fused-ring (bicyclic) bond motifs is 5. The molecule has 3 aliphatic heterocycles. The number of carbonyl (C=O) groups excluding carboxylic acids is 2. The summed E-state index contributed by atoms with van der Waals surface area (Å²) in [7, 11) is 1.58. The first-order valence-corrected chi connectivity index (χ1v) is 6.94. The van der Waals surface area contributed by atoms with Crippen LogP contribution in [0.3, 0.4) is 0 Å². The summed E-state index contributed by atoms with van der Waals surface area (Å²) in [5.41, 5.74) is -0.0632. The van der Waals surface area contributed by atoms with Gasteiger partial charge in [-0.05, 0) is 31.2 Å². The lowest BCUT2D eigenvalue weighted by molar-refractivity contribution is -0.126. The van der Waals surface area contributed by atoms with Crippen LogP contribution in [0.1, 0.15) is 6.92 Å². The van der Waals surface area contributed by atoms with Crippen LogP contribution in [0.25, 0.3) is 0 Å². The molecule has 2 fully saturated rings. The van der Waals surface area contributed by atoms with Gasteiger partial charge in [0.1, 0.15) is 5.75 Å². The quantitative estimate of drug-likeness (QED) is 0.611. The molecule has 1 aromatic carbocycles. The summed E-state index contributed by atoms with van der Waals surface area (Å²) in [5.74, 6) is -0.468. The highest BCUT2D eigenvalue weighted by atomic mass is 16.5. The molecule has 21 heavy (non-hydrogen) atoms. The van der Waals surface area contributed by atoms with Crippen molar-refractivity contribution in [3.8, 4) is 5.75 Å². The van der Waals surface area contributed by atoms with Gasteiger partial charge in [-0.2, -0.15) is 0 Å². The van der Waals surface area contributed by atoms with E-state index in [1.165, 1.54) is 4.90 Å². The maximum Gasteiger partial charge on any atom is 0.241 e. The van der Waals surface area contributed by atoms with Gasteiger partial charge in [0, 0.05) is 0 Å². The van der Waals surface area contributed by atoms with Crippen molar-refractivity contribution in [2.24, 2.45) is 11.8 Å². The fraction of sp³-hybridized carbons (Fsp3) is 0.375. The maximum absolute atomic E-state index is 12.7. The topological polar surface area (TPSA) is 55.8 Å². The highest BCUT2D eigenvalue weighted by Crippen LogP contribution is 2.52. The normalized spacial score (nSPS) is 36.5. The maximum atomic E-state index is 12.7. The molecule has 2 bridgehead atoms. The van der Waals surface area contributed by atoms with E-state index in [4.69, 9.17) is 9.47 Å². The second-order valence-corrected chi connectivity index (χ2v) is 5.84. The third-order valence-electron chi connectivity index (χ3n) is 4.66. The predicted octanol–water partition coefficient (Wildman–Crippen LogP) is 1.53. The predicted molar refractivity (Wildman–Crippen MR) is 74.9 cm³/mol. The lowest BCUT2D eigenvalue weighted by Crippen LogP contribution is -2.38. The molecule has 3 heterocycles. The fourth-order valence-corrected chi connectivity index (χ4v) is 3.64. The van der Waals surface area contributed by atoms with E-state index >= 15 is 0 Å². The van der Waals surface area contributed by atoms with Crippen LogP contribution in [-0.2, 0) is 14.3 Å². The van der Waals surface area contributed by atoms with Crippen molar-refractivity contribution in [1.82, 2.24) is 0 Å². The Hall–Kier alpha value is -2.14. The summed E-state index contributed by atoms with van der Waals surface area (Å²) in [6.45, 7) is 1.87. The van der Waals surface area contributed by atoms with Crippen molar-refractivity contribution in [1.29, 1.82) is 0 Å². The van der Waals surface area contributed by atoms with Crippen molar-refractivity contribution in [2.75, 3.05) is 12.0 Å². The monoisotopic (exact) mass is 285 g/mol. The van der Waals surface area contributed by atoms with Gasteiger partial charge >= 0.3 is 0 Å². The molecule has 0 aliphatic carbocycles. The van der Waals surface area contributed by atoms with E-state index in [2.05, 4.69) is 0 Å². The van der Waals surface area contributed by atoms with Crippen LogP contribution in [0.4, 0.5) is 5.69 Å². The van der Waals surface area contributed by atoms with E-state index in [1.807, 2.05) is 19.1 Å². The lowest BCUT2D eigenvalue weighted by Gasteiger charge is -2.24. The smallest absolute Gasteiger partial charge is 0.241 e. The summed E-state index contributed by atoms with van der Waals surface area (Å²) in [5, 5.41) is 0. The number of nitrogens with zero attached hydrogens (tertiary/aromatic N) is 1. The van der Waals surface area contributed by atoms with Crippen molar-refractivity contribution in [3.05, 3.63) is 36.4 Å². The summed E-state index contributed by atoms with van der Waals surface area (Å²) >= 11 is 0. The van der Waals surface area contributed by atoms with Gasteiger partial charge in [-0.3, -0.25) is 9.59 Å². The Kier molecular flexibility index (Phi) is 2.37. The molecular formula is C16H15NO4. The Bertz CT molecular complexity index is 665. The van der Waals surface area contributed by atoms with Gasteiger partial charge < -0.3 is 9.47 Å². The van der Waals surface area contributed by atoms with Crippen molar-refractivity contribution >= 4 is 17.5 Å². The number of ether oxygens (including phenoxy) is 2. The van der Waals surface area contributed by atoms with E-state index in [-0.39, 0.29) is 17.9 Å². The van der Waals surface area contributed by atoms with E-state index in [9.17, 15) is 9.59 Å². The molecule has 0 radical (unpaired) electrons. The number of benzene rings is 1. The zero-order valence-corrected chi connectivity index (χ0v) is 11.8. The van der Waals surface area contributed by atoms with E-state index in [0.717, 1.165) is 0 Å². The van der Waals surface area contributed by atoms with Crippen molar-refractivity contribution in [2.45, 2.75) is 18.6 Å². The molecular weight excluding hydrogens is 270 g/mol. The molecule has 4 atom stereocenters. The molecule has 4 rings (SSSR count). The molecule has 5 heteroatoms. The first-order chi connectivity index (χ1) is 10.0. The number of carbonyl (C=O) groups is 2. The van der Waals surface area contributed by atoms with Crippen molar-refractivity contribution in [3.63, 3.8) is 0 Å². The van der Waals surface area contributed by atoms with Gasteiger partial charge in [-0.15, -0.1) is 0 Å². The fourth-order valence-electron chi connectivity index (χ4n) is 3.64. The second kappa shape index (κ2) is 3.95. The molecule has 0 unspecified atom stereocenters. The van der Waals surface area contributed by atoms with Crippen LogP contribution >= 0.6 is 0 Å². The van der Waals surface area contributed by atoms with Crippen LogP contribution < -0.4 is 9.64 Å². The average Bonchev–Trinajstić information content (AvgIpc) is 3.09. The van der Waals surface area contributed by atoms with Gasteiger partial charge in [0.15, 0.2) is 0 Å². The second-order valence-electron chi connectivity index (χ2n) is 5.84. The standard InChI is InChI=1S/C16H15NO4/c1-16-8-7-11(21-16)12-13(16)15(19)17(14(12)18)9-3-5-10(20-2)6-4-9/h3-8,11-13H,1-2H3/t11-,12+,13+,16-/m0/s1. The van der Waals surface area contributed by atoms with Gasteiger partial charge in [-0.25, -0.2) is 4.90 Å². The lowest BCUT2D eigenvalue weighted by atomic mass is 9.78.